The predicted octanol–water partition coefficient (Wildman–Crippen LogP) is 2.96. The van der Waals surface area contributed by atoms with Crippen LogP contribution >= 0.6 is 0 Å². The smallest absolute Gasteiger partial charge is 0.114 e. The fourth-order valence-corrected chi connectivity index (χ4v) is 2.40. The van der Waals surface area contributed by atoms with Crippen LogP contribution in [-0.4, -0.2) is 19.5 Å². The van der Waals surface area contributed by atoms with Crippen LogP contribution in [0.2, 0.25) is 0 Å². The molecule has 2 aromatic heterocycles. The molecule has 0 amide bonds. The summed E-state index contributed by atoms with van der Waals surface area (Å²) in [5.74, 6) is 2.14. The second kappa shape index (κ2) is 4.51. The van der Waals surface area contributed by atoms with Crippen molar-refractivity contribution < 1.29 is 0 Å². The molecule has 0 aromatic carbocycles. The van der Waals surface area contributed by atoms with E-state index in [1.54, 1.807) is 0 Å². The van der Waals surface area contributed by atoms with E-state index in [2.05, 4.69) is 54.1 Å². The van der Waals surface area contributed by atoms with Crippen molar-refractivity contribution >= 4 is 0 Å². The zero-order chi connectivity index (χ0) is 14.3. The van der Waals surface area contributed by atoms with Crippen LogP contribution in [-0.2, 0) is 24.3 Å². The van der Waals surface area contributed by atoms with Gasteiger partial charge in [-0.15, -0.1) is 0 Å². The second-order valence-corrected chi connectivity index (χ2v) is 6.93. The number of H-pyrrole nitrogens is 1. The maximum absolute atomic E-state index is 4.49. The van der Waals surface area contributed by atoms with Gasteiger partial charge in [-0.1, -0.05) is 34.6 Å². The predicted molar refractivity (Wildman–Crippen MR) is 77.2 cm³/mol. The number of nitrogens with one attached hydrogen (secondary N) is 1. The molecular weight excluding hydrogens is 236 g/mol. The van der Waals surface area contributed by atoms with Crippen molar-refractivity contribution in [3.63, 3.8) is 0 Å². The lowest BCUT2D eigenvalue weighted by Crippen LogP contribution is -2.25. The Labute approximate surface area is 115 Å². The molecule has 0 radical (unpaired) electrons. The molecule has 0 aliphatic rings. The fourth-order valence-electron chi connectivity index (χ4n) is 2.40. The molecule has 19 heavy (non-hydrogen) atoms. The number of hydrogen-bond donors (Lipinski definition) is 1. The highest BCUT2D eigenvalue weighted by Crippen LogP contribution is 2.26. The molecule has 4 heteroatoms. The van der Waals surface area contributed by atoms with Gasteiger partial charge in [-0.05, 0) is 0 Å². The Morgan fingerprint density at radius 3 is 2.32 bits per heavy atom. The summed E-state index contributed by atoms with van der Waals surface area (Å²) in [6.45, 7) is 10.9. The molecule has 2 rings (SSSR count). The molecule has 0 atom stereocenters. The standard InChI is InChI=1S/C15H24N4/c1-14(2,3)12-17-10-11(18-12)9-15(4,5)13-16-7-8-19(13)6/h7-8,10H,9H2,1-6H3,(H,17,18). The van der Waals surface area contributed by atoms with Crippen LogP contribution in [0, 0.1) is 0 Å². The number of hydrogen-bond acceptors (Lipinski definition) is 2. The minimum atomic E-state index is -0.0140. The van der Waals surface area contributed by atoms with Crippen molar-refractivity contribution in [3.05, 3.63) is 35.9 Å². The largest absolute Gasteiger partial charge is 0.345 e. The first-order chi connectivity index (χ1) is 8.70. The molecule has 0 bridgehead atoms. The Hall–Kier alpha value is -1.58. The highest BCUT2D eigenvalue weighted by Gasteiger charge is 2.27. The van der Waals surface area contributed by atoms with Gasteiger partial charge in [0.25, 0.3) is 0 Å². The van der Waals surface area contributed by atoms with Gasteiger partial charge in [-0.2, -0.15) is 0 Å². The number of aromatic amines is 1. The Morgan fingerprint density at radius 2 is 1.84 bits per heavy atom. The van der Waals surface area contributed by atoms with Crippen LogP contribution in [0.15, 0.2) is 18.6 Å². The molecule has 0 aliphatic heterocycles. The van der Waals surface area contributed by atoms with Crippen LogP contribution in [0.25, 0.3) is 0 Å². The highest BCUT2D eigenvalue weighted by atomic mass is 15.0. The van der Waals surface area contributed by atoms with Crippen LogP contribution in [0.3, 0.4) is 0 Å². The molecular formula is C15H24N4. The van der Waals surface area contributed by atoms with Gasteiger partial charge in [-0.25, -0.2) is 9.97 Å². The summed E-state index contributed by atoms with van der Waals surface area (Å²) in [6.07, 6.45) is 6.70. The second-order valence-electron chi connectivity index (χ2n) is 6.93. The quantitative estimate of drug-likeness (QED) is 0.922. The molecule has 2 aromatic rings. The van der Waals surface area contributed by atoms with Crippen LogP contribution in [0.1, 0.15) is 52.0 Å². The molecule has 0 saturated carbocycles. The van der Waals surface area contributed by atoms with E-state index in [-0.39, 0.29) is 10.8 Å². The summed E-state index contributed by atoms with van der Waals surface area (Å²) in [5.41, 5.74) is 1.21. The summed E-state index contributed by atoms with van der Waals surface area (Å²) < 4.78 is 2.08. The van der Waals surface area contributed by atoms with E-state index in [1.165, 1.54) is 0 Å². The van der Waals surface area contributed by atoms with Crippen LogP contribution in [0.4, 0.5) is 0 Å². The number of nitrogens with zero attached hydrogens (tertiary/aromatic N) is 3. The van der Waals surface area contributed by atoms with Gasteiger partial charge < -0.3 is 9.55 Å². The third-order valence-electron chi connectivity index (χ3n) is 3.40. The molecule has 104 valence electrons. The Balaban J connectivity index is 2.21. The first kappa shape index (κ1) is 13.8. The average molecular weight is 260 g/mol. The minimum Gasteiger partial charge on any atom is -0.345 e. The average Bonchev–Trinajstić information content (AvgIpc) is 2.85. The molecule has 0 saturated heterocycles. The van der Waals surface area contributed by atoms with E-state index >= 15 is 0 Å². The minimum absolute atomic E-state index is 0.0140. The lowest BCUT2D eigenvalue weighted by Gasteiger charge is -2.23. The molecule has 4 nitrogen and oxygen atoms in total. The van der Waals surface area contributed by atoms with E-state index < -0.39 is 0 Å². The summed E-state index contributed by atoms with van der Waals surface area (Å²) >= 11 is 0. The number of aryl methyl sites for hydroxylation is 1. The van der Waals surface area contributed by atoms with Gasteiger partial charge in [0.1, 0.15) is 11.6 Å². The van der Waals surface area contributed by atoms with Crippen LogP contribution < -0.4 is 0 Å². The van der Waals surface area contributed by atoms with Crippen molar-refractivity contribution in [1.29, 1.82) is 0 Å². The fraction of sp³-hybridized carbons (Fsp3) is 0.600. The Bertz CT molecular complexity index is 555. The van der Waals surface area contributed by atoms with E-state index in [9.17, 15) is 0 Å². The summed E-state index contributed by atoms with van der Waals surface area (Å²) in [6, 6.07) is 0. The van der Waals surface area contributed by atoms with Gasteiger partial charge in [0, 0.05) is 48.6 Å². The highest BCUT2D eigenvalue weighted by molar-refractivity contribution is 5.15. The van der Waals surface area contributed by atoms with Gasteiger partial charge in [0.2, 0.25) is 0 Å². The third-order valence-corrected chi connectivity index (χ3v) is 3.40. The topological polar surface area (TPSA) is 46.5 Å². The molecule has 0 spiro atoms. The number of imidazole rings is 2. The lowest BCUT2D eigenvalue weighted by atomic mass is 9.87. The maximum Gasteiger partial charge on any atom is 0.114 e. The SMILES string of the molecule is Cn1ccnc1C(C)(C)Cc1cnc(C(C)(C)C)[nH]1. The van der Waals surface area contributed by atoms with Crippen molar-refractivity contribution in [2.75, 3.05) is 0 Å². The van der Waals surface area contributed by atoms with E-state index in [0.717, 1.165) is 23.8 Å². The molecule has 0 aliphatic carbocycles. The van der Waals surface area contributed by atoms with Crippen molar-refractivity contribution in [1.82, 2.24) is 19.5 Å². The summed E-state index contributed by atoms with van der Waals surface area (Å²) in [4.78, 5) is 12.4. The molecule has 0 fully saturated rings. The summed E-state index contributed by atoms with van der Waals surface area (Å²) in [7, 11) is 2.04. The van der Waals surface area contributed by atoms with E-state index in [0.29, 0.717) is 0 Å². The normalized spacial score (nSPS) is 12.9. The number of rotatable bonds is 3. The lowest BCUT2D eigenvalue weighted by molar-refractivity contribution is 0.463. The first-order valence-corrected chi connectivity index (χ1v) is 6.72. The monoisotopic (exact) mass is 260 g/mol. The van der Waals surface area contributed by atoms with Crippen molar-refractivity contribution in [3.8, 4) is 0 Å². The van der Waals surface area contributed by atoms with E-state index in [1.807, 2.05) is 25.6 Å². The van der Waals surface area contributed by atoms with E-state index in [4.69, 9.17) is 0 Å². The zero-order valence-corrected chi connectivity index (χ0v) is 12.8. The van der Waals surface area contributed by atoms with Gasteiger partial charge in [-0.3, -0.25) is 0 Å². The van der Waals surface area contributed by atoms with Gasteiger partial charge >= 0.3 is 0 Å². The van der Waals surface area contributed by atoms with Crippen molar-refractivity contribution in [2.45, 2.75) is 51.9 Å². The summed E-state index contributed by atoms with van der Waals surface area (Å²) in [5, 5.41) is 0. The Morgan fingerprint density at radius 1 is 1.16 bits per heavy atom. The molecule has 2 heterocycles. The maximum atomic E-state index is 4.49. The molecule has 0 unspecified atom stereocenters. The van der Waals surface area contributed by atoms with Gasteiger partial charge in [0.15, 0.2) is 0 Å². The first-order valence-electron chi connectivity index (χ1n) is 6.72. The zero-order valence-electron chi connectivity index (χ0n) is 12.8. The molecule has 1 N–H and O–H groups in total. The Kier molecular flexibility index (Phi) is 3.29. The van der Waals surface area contributed by atoms with Crippen molar-refractivity contribution in [2.24, 2.45) is 7.05 Å². The third kappa shape index (κ3) is 2.88. The van der Waals surface area contributed by atoms with Crippen LogP contribution in [0.5, 0.6) is 0 Å². The number of aromatic nitrogens is 4. The van der Waals surface area contributed by atoms with Gasteiger partial charge in [0.05, 0.1) is 0 Å².